The predicted octanol–water partition coefficient (Wildman–Crippen LogP) is 19.7. The van der Waals surface area contributed by atoms with E-state index >= 15 is 0 Å². The number of fused-ring (bicyclic) bond motifs is 6. The molecule has 0 spiro atoms. The normalized spacial score (nSPS) is 11.5. The van der Waals surface area contributed by atoms with Crippen molar-refractivity contribution in [1.82, 2.24) is 9.13 Å². The summed E-state index contributed by atoms with van der Waals surface area (Å²) in [4.78, 5) is 2.37. The van der Waals surface area contributed by atoms with Gasteiger partial charge in [0.05, 0.1) is 22.1 Å². The van der Waals surface area contributed by atoms with Crippen LogP contribution in [-0.4, -0.2) is 9.13 Å². The highest BCUT2D eigenvalue weighted by molar-refractivity contribution is 6.12. The van der Waals surface area contributed by atoms with Crippen LogP contribution in [0.3, 0.4) is 0 Å². The van der Waals surface area contributed by atoms with Crippen molar-refractivity contribution in [3.05, 3.63) is 297 Å². The SMILES string of the molecule is c1ccc(-c2cccc(N(c3ccccc3)c3cccc(-c4cc(-c5ccc6c(c5)c5ccccc5n6-c5cccc(-c6ccccc6)c5)cc(-c5ccc6c7ccccc7n(-c7ccccc7)c6c5)c4)c3)c2)cc1. The Bertz CT molecular complexity index is 4400. The van der Waals surface area contributed by atoms with Crippen LogP contribution in [0.4, 0.5) is 17.1 Å². The summed E-state index contributed by atoms with van der Waals surface area (Å²) in [6.07, 6.45) is 0. The fourth-order valence-corrected chi connectivity index (χ4v) is 11.3. The van der Waals surface area contributed by atoms with Crippen molar-refractivity contribution < 1.29 is 0 Å². The molecule has 0 N–H and O–H groups in total. The van der Waals surface area contributed by atoms with Gasteiger partial charge in [-0.25, -0.2) is 0 Å². The van der Waals surface area contributed by atoms with Gasteiger partial charge in [-0.1, -0.05) is 188 Å². The van der Waals surface area contributed by atoms with Crippen LogP contribution >= 0.6 is 0 Å². The van der Waals surface area contributed by atoms with Gasteiger partial charge < -0.3 is 14.0 Å². The summed E-state index contributed by atoms with van der Waals surface area (Å²) >= 11 is 0. The first-order valence-corrected chi connectivity index (χ1v) is 25.7. The summed E-state index contributed by atoms with van der Waals surface area (Å²) in [5, 5.41) is 4.91. The lowest BCUT2D eigenvalue weighted by atomic mass is 9.92. The van der Waals surface area contributed by atoms with E-state index in [0.717, 1.165) is 61.8 Å². The number of benzene rings is 12. The summed E-state index contributed by atoms with van der Waals surface area (Å²) in [6.45, 7) is 0. The minimum absolute atomic E-state index is 1.08. The molecule has 14 aromatic rings. The third-order valence-electron chi connectivity index (χ3n) is 14.8. The fourth-order valence-electron chi connectivity index (χ4n) is 11.3. The molecule has 0 amide bonds. The maximum atomic E-state index is 2.42. The fraction of sp³-hybridized carbons (Fsp3) is 0. The third-order valence-corrected chi connectivity index (χ3v) is 14.8. The minimum Gasteiger partial charge on any atom is -0.310 e. The molecule has 3 nitrogen and oxygen atoms in total. The number of nitrogens with zero attached hydrogens (tertiary/aromatic N) is 3. The van der Waals surface area contributed by atoms with Crippen LogP contribution in [0.1, 0.15) is 0 Å². The maximum Gasteiger partial charge on any atom is 0.0547 e. The molecule has 0 aliphatic rings. The molecule has 0 radical (unpaired) electrons. The number of hydrogen-bond donors (Lipinski definition) is 0. The Labute approximate surface area is 436 Å². The summed E-state index contributed by atoms with van der Waals surface area (Å²) in [5.41, 5.74) is 21.9. The van der Waals surface area contributed by atoms with Crippen LogP contribution in [0, 0.1) is 0 Å². The van der Waals surface area contributed by atoms with Gasteiger partial charge in [-0.2, -0.15) is 0 Å². The van der Waals surface area contributed by atoms with Crippen LogP contribution in [0.25, 0.3) is 111 Å². The second-order valence-corrected chi connectivity index (χ2v) is 19.4. The van der Waals surface area contributed by atoms with E-state index in [-0.39, 0.29) is 0 Å². The van der Waals surface area contributed by atoms with E-state index < -0.39 is 0 Å². The van der Waals surface area contributed by atoms with Crippen LogP contribution in [0.15, 0.2) is 297 Å². The van der Waals surface area contributed by atoms with Crippen LogP contribution in [-0.2, 0) is 0 Å². The molecular formula is C72H49N3. The largest absolute Gasteiger partial charge is 0.310 e. The third kappa shape index (κ3) is 7.95. The molecule has 0 aliphatic heterocycles. The smallest absolute Gasteiger partial charge is 0.0547 e. The molecule has 0 aliphatic carbocycles. The van der Waals surface area contributed by atoms with Crippen molar-refractivity contribution in [2.24, 2.45) is 0 Å². The van der Waals surface area contributed by atoms with E-state index in [4.69, 9.17) is 0 Å². The van der Waals surface area contributed by atoms with E-state index in [1.807, 2.05) is 0 Å². The van der Waals surface area contributed by atoms with Gasteiger partial charge in [0.1, 0.15) is 0 Å². The van der Waals surface area contributed by atoms with Gasteiger partial charge in [-0.3, -0.25) is 0 Å². The second kappa shape index (κ2) is 18.6. The Balaban J connectivity index is 0.956. The molecule has 0 unspecified atom stereocenters. The topological polar surface area (TPSA) is 13.1 Å². The Morgan fingerprint density at radius 1 is 0.187 bits per heavy atom. The first-order chi connectivity index (χ1) is 37.2. The lowest BCUT2D eigenvalue weighted by Crippen LogP contribution is -2.10. The van der Waals surface area contributed by atoms with Crippen molar-refractivity contribution in [2.45, 2.75) is 0 Å². The molecule has 3 heteroatoms. The second-order valence-electron chi connectivity index (χ2n) is 19.4. The van der Waals surface area contributed by atoms with Gasteiger partial charge in [0.2, 0.25) is 0 Å². The molecule has 0 saturated heterocycles. The number of anilines is 3. The van der Waals surface area contributed by atoms with Gasteiger partial charge in [-0.15, -0.1) is 0 Å². The van der Waals surface area contributed by atoms with E-state index in [2.05, 4.69) is 311 Å². The Morgan fingerprint density at radius 2 is 0.573 bits per heavy atom. The van der Waals surface area contributed by atoms with Gasteiger partial charge in [0.15, 0.2) is 0 Å². The molecule has 0 fully saturated rings. The number of rotatable bonds is 10. The summed E-state index contributed by atoms with van der Waals surface area (Å²) in [6, 6.07) is 108. The average Bonchev–Trinajstić information content (AvgIpc) is 4.01. The van der Waals surface area contributed by atoms with Crippen LogP contribution in [0.5, 0.6) is 0 Å². The highest BCUT2D eigenvalue weighted by Crippen LogP contribution is 2.43. The molecule has 2 heterocycles. The Morgan fingerprint density at radius 3 is 1.19 bits per heavy atom. The molecule has 0 saturated carbocycles. The number of hydrogen-bond acceptors (Lipinski definition) is 1. The monoisotopic (exact) mass is 955 g/mol. The van der Waals surface area contributed by atoms with Gasteiger partial charge in [-0.05, 0) is 165 Å². The first-order valence-electron chi connectivity index (χ1n) is 25.7. The molecule has 2 aromatic heterocycles. The van der Waals surface area contributed by atoms with E-state index in [1.54, 1.807) is 0 Å². The summed E-state index contributed by atoms with van der Waals surface area (Å²) < 4.78 is 4.83. The predicted molar refractivity (Wildman–Crippen MR) is 317 cm³/mol. The van der Waals surface area contributed by atoms with Crippen molar-refractivity contribution in [3.63, 3.8) is 0 Å². The van der Waals surface area contributed by atoms with Crippen molar-refractivity contribution >= 4 is 60.7 Å². The van der Waals surface area contributed by atoms with Crippen LogP contribution < -0.4 is 4.90 Å². The Hall–Kier alpha value is -9.96. The minimum atomic E-state index is 1.08. The first kappa shape index (κ1) is 43.8. The molecule has 0 atom stereocenters. The molecule has 0 bridgehead atoms. The van der Waals surface area contributed by atoms with E-state index in [9.17, 15) is 0 Å². The summed E-state index contributed by atoms with van der Waals surface area (Å²) in [7, 11) is 0. The maximum absolute atomic E-state index is 2.42. The van der Waals surface area contributed by atoms with Gasteiger partial charge in [0.25, 0.3) is 0 Å². The molecule has 14 rings (SSSR count). The van der Waals surface area contributed by atoms with Gasteiger partial charge >= 0.3 is 0 Å². The Kier molecular flexibility index (Phi) is 10.8. The van der Waals surface area contributed by atoms with E-state index in [0.29, 0.717) is 0 Å². The molecular weight excluding hydrogens is 907 g/mol. The zero-order valence-corrected chi connectivity index (χ0v) is 41.1. The molecule has 352 valence electrons. The van der Waals surface area contributed by atoms with Gasteiger partial charge in [0, 0.05) is 50.0 Å². The molecule has 12 aromatic carbocycles. The summed E-state index contributed by atoms with van der Waals surface area (Å²) in [5.74, 6) is 0. The zero-order valence-electron chi connectivity index (χ0n) is 41.1. The lowest BCUT2D eigenvalue weighted by molar-refractivity contribution is 1.18. The standard InChI is InChI=1S/C72H49N3/c1-5-20-50(21-6-1)52-24-17-31-62(45-52)73(60-27-9-3-10-28-60)63-32-19-26-54(47-63)57-42-58(44-59(43-57)56-38-40-67-65-34-13-15-36-69(65)74(72(67)49-56)61-29-11-4-12-30-61)55-39-41-71-68(48-55)66-35-14-16-37-70(66)75(71)64-33-18-25-53(46-64)51-22-7-2-8-23-51/h1-49H. The zero-order chi connectivity index (χ0) is 49.7. The number of para-hydroxylation sites is 4. The van der Waals surface area contributed by atoms with Crippen molar-refractivity contribution in [3.8, 4) is 67.0 Å². The highest BCUT2D eigenvalue weighted by Gasteiger charge is 2.19. The lowest BCUT2D eigenvalue weighted by Gasteiger charge is -2.26. The van der Waals surface area contributed by atoms with Crippen molar-refractivity contribution in [1.29, 1.82) is 0 Å². The van der Waals surface area contributed by atoms with E-state index in [1.165, 1.54) is 65.9 Å². The highest BCUT2D eigenvalue weighted by atomic mass is 15.1. The number of aromatic nitrogens is 2. The molecule has 75 heavy (non-hydrogen) atoms. The average molecular weight is 956 g/mol. The van der Waals surface area contributed by atoms with Crippen LogP contribution in [0.2, 0.25) is 0 Å². The quantitative estimate of drug-likeness (QED) is 0.133. The van der Waals surface area contributed by atoms with Crippen molar-refractivity contribution in [2.75, 3.05) is 4.90 Å².